The summed E-state index contributed by atoms with van der Waals surface area (Å²) in [5.74, 6) is -0.181. The number of hydrogen-bond donors (Lipinski definition) is 0. The van der Waals surface area contributed by atoms with Crippen molar-refractivity contribution in [3.63, 3.8) is 0 Å². The van der Waals surface area contributed by atoms with Gasteiger partial charge in [0, 0.05) is 42.9 Å². The van der Waals surface area contributed by atoms with Gasteiger partial charge in [0.25, 0.3) is 0 Å². The maximum Gasteiger partial charge on any atom is 0.195 e. The fraction of sp³-hybridized carbons (Fsp3) is 0. The number of thiophene rings is 1. The van der Waals surface area contributed by atoms with Gasteiger partial charge in [-0.25, -0.2) is 0 Å². The van der Waals surface area contributed by atoms with Crippen LogP contribution in [0.5, 0.6) is 0 Å². The molecule has 0 spiro atoms. The summed E-state index contributed by atoms with van der Waals surface area (Å²) < 4.78 is 1.01. The molecule has 0 radical (unpaired) electrons. The van der Waals surface area contributed by atoms with Crippen LogP contribution in [0.4, 0.5) is 0 Å². The molecule has 26 heavy (non-hydrogen) atoms. The van der Waals surface area contributed by atoms with E-state index in [0.29, 0.717) is 27.3 Å². The van der Waals surface area contributed by atoms with Crippen molar-refractivity contribution in [1.82, 2.24) is 0 Å². The van der Waals surface area contributed by atoms with Gasteiger partial charge < -0.3 is 0 Å². The van der Waals surface area contributed by atoms with Gasteiger partial charge in [-0.15, -0.1) is 11.3 Å². The third kappa shape index (κ3) is 2.11. The summed E-state index contributed by atoms with van der Waals surface area (Å²) in [4.78, 5) is 26.2. The summed E-state index contributed by atoms with van der Waals surface area (Å²) in [5, 5.41) is 3.46. The summed E-state index contributed by atoms with van der Waals surface area (Å²) in [5.41, 5.74) is 3.88. The number of halogens is 1. The number of rotatable bonds is 1. The Hall–Kier alpha value is -2.75. The van der Waals surface area contributed by atoms with Gasteiger partial charge in [-0.3, -0.25) is 9.59 Å². The lowest BCUT2D eigenvalue weighted by Gasteiger charge is -2.19. The van der Waals surface area contributed by atoms with E-state index >= 15 is 0 Å². The number of carbonyl (C=O) groups is 2. The molecule has 0 saturated carbocycles. The van der Waals surface area contributed by atoms with Crippen LogP contribution in [0.3, 0.4) is 0 Å². The van der Waals surface area contributed by atoms with Crippen molar-refractivity contribution in [2.75, 3.05) is 0 Å². The van der Waals surface area contributed by atoms with E-state index < -0.39 is 0 Å². The highest BCUT2D eigenvalue weighted by atomic mass is 35.5. The molecule has 0 aliphatic heterocycles. The lowest BCUT2D eigenvalue weighted by molar-refractivity contribution is 0.0980. The molecular weight excluding hydrogens is 364 g/mol. The molecule has 2 nitrogen and oxygen atoms in total. The molecule has 4 aromatic rings. The Morgan fingerprint density at radius 1 is 0.731 bits per heavy atom. The number of carbonyl (C=O) groups excluding carboxylic acids is 2. The van der Waals surface area contributed by atoms with Crippen LogP contribution in [-0.2, 0) is 0 Å². The second-order valence-electron chi connectivity index (χ2n) is 6.22. The zero-order valence-corrected chi connectivity index (χ0v) is 15.0. The molecule has 0 amide bonds. The van der Waals surface area contributed by atoms with Crippen molar-refractivity contribution in [1.29, 1.82) is 0 Å². The normalized spacial score (nSPS) is 13.0. The highest BCUT2D eigenvalue weighted by Crippen LogP contribution is 2.40. The third-order valence-corrected chi connectivity index (χ3v) is 5.98. The van der Waals surface area contributed by atoms with Crippen LogP contribution in [-0.4, -0.2) is 11.6 Å². The van der Waals surface area contributed by atoms with Crippen molar-refractivity contribution < 1.29 is 9.59 Å². The van der Waals surface area contributed by atoms with Crippen LogP contribution in [0.2, 0.25) is 5.02 Å². The molecule has 1 heterocycles. The van der Waals surface area contributed by atoms with E-state index in [1.807, 2.05) is 41.8 Å². The highest BCUT2D eigenvalue weighted by Gasteiger charge is 2.32. The van der Waals surface area contributed by atoms with Crippen LogP contribution in [0.15, 0.2) is 66.0 Å². The minimum Gasteiger partial charge on any atom is -0.289 e. The maximum absolute atomic E-state index is 13.1. The SMILES string of the molecule is O=C1c2ccccc2C(=O)c2c1cc(-c1ccc(Cl)cc1)c1sccc21. The van der Waals surface area contributed by atoms with E-state index in [1.165, 1.54) is 0 Å². The molecule has 0 N–H and O–H groups in total. The van der Waals surface area contributed by atoms with E-state index in [9.17, 15) is 9.59 Å². The molecular formula is C22H11ClO2S. The molecule has 4 heteroatoms. The first kappa shape index (κ1) is 15.5. The topological polar surface area (TPSA) is 34.1 Å². The van der Waals surface area contributed by atoms with Gasteiger partial charge in [0.15, 0.2) is 11.6 Å². The van der Waals surface area contributed by atoms with E-state index in [4.69, 9.17) is 11.6 Å². The van der Waals surface area contributed by atoms with Gasteiger partial charge in [0.2, 0.25) is 0 Å². The zero-order valence-electron chi connectivity index (χ0n) is 13.5. The van der Waals surface area contributed by atoms with Crippen LogP contribution in [0, 0.1) is 0 Å². The summed E-state index contributed by atoms with van der Waals surface area (Å²) in [7, 11) is 0. The molecule has 124 valence electrons. The Labute approximate surface area is 158 Å². The lowest BCUT2D eigenvalue weighted by atomic mass is 9.81. The van der Waals surface area contributed by atoms with Gasteiger partial charge in [-0.2, -0.15) is 0 Å². The van der Waals surface area contributed by atoms with E-state index in [0.717, 1.165) is 21.2 Å². The predicted octanol–water partition coefficient (Wildman–Crippen LogP) is 6.00. The largest absolute Gasteiger partial charge is 0.289 e. The minimum absolute atomic E-state index is 0.0822. The molecule has 0 bridgehead atoms. The zero-order chi connectivity index (χ0) is 17.8. The van der Waals surface area contributed by atoms with Crippen molar-refractivity contribution in [2.45, 2.75) is 0 Å². The van der Waals surface area contributed by atoms with Crippen LogP contribution < -0.4 is 0 Å². The summed E-state index contributed by atoms with van der Waals surface area (Å²) in [6.07, 6.45) is 0. The Morgan fingerprint density at radius 3 is 2.15 bits per heavy atom. The number of fused-ring (bicyclic) bond motifs is 4. The average Bonchev–Trinajstić information content (AvgIpc) is 3.15. The first-order chi connectivity index (χ1) is 12.6. The minimum atomic E-state index is -0.0986. The highest BCUT2D eigenvalue weighted by molar-refractivity contribution is 7.17. The lowest BCUT2D eigenvalue weighted by Crippen LogP contribution is -2.21. The van der Waals surface area contributed by atoms with Crippen molar-refractivity contribution in [3.8, 4) is 11.1 Å². The maximum atomic E-state index is 13.1. The third-order valence-electron chi connectivity index (χ3n) is 4.78. The van der Waals surface area contributed by atoms with Gasteiger partial charge in [0.05, 0.1) is 0 Å². The van der Waals surface area contributed by atoms with E-state index in [-0.39, 0.29) is 11.6 Å². The molecule has 1 aliphatic carbocycles. The average molecular weight is 375 g/mol. The molecule has 1 aliphatic rings. The van der Waals surface area contributed by atoms with Crippen molar-refractivity contribution in [3.05, 3.63) is 93.3 Å². The fourth-order valence-electron chi connectivity index (χ4n) is 3.57. The Balaban J connectivity index is 1.85. The molecule has 0 saturated heterocycles. The molecule has 3 aromatic carbocycles. The molecule has 0 atom stereocenters. The van der Waals surface area contributed by atoms with Gasteiger partial charge in [0.1, 0.15) is 0 Å². The van der Waals surface area contributed by atoms with E-state index in [2.05, 4.69) is 0 Å². The van der Waals surface area contributed by atoms with Crippen molar-refractivity contribution in [2.24, 2.45) is 0 Å². The Bertz CT molecular complexity index is 1220. The smallest absolute Gasteiger partial charge is 0.195 e. The van der Waals surface area contributed by atoms with Crippen LogP contribution >= 0.6 is 22.9 Å². The first-order valence-corrected chi connectivity index (χ1v) is 9.39. The fourth-order valence-corrected chi connectivity index (χ4v) is 4.64. The van der Waals surface area contributed by atoms with Crippen LogP contribution in [0.1, 0.15) is 31.8 Å². The van der Waals surface area contributed by atoms with Crippen LogP contribution in [0.25, 0.3) is 21.2 Å². The quantitative estimate of drug-likeness (QED) is 0.360. The first-order valence-electron chi connectivity index (χ1n) is 8.14. The molecule has 1 aromatic heterocycles. The van der Waals surface area contributed by atoms with Gasteiger partial charge in [-0.1, -0.05) is 48.0 Å². The molecule has 0 unspecified atom stereocenters. The standard InChI is InChI=1S/C22H11ClO2S/c23-13-7-5-12(6-8-13)17-11-18-19(16-9-10-26-22(16)17)21(25)15-4-2-1-3-14(15)20(18)24/h1-11H. The number of hydrogen-bond acceptors (Lipinski definition) is 3. The van der Waals surface area contributed by atoms with Crippen molar-refractivity contribution >= 4 is 44.6 Å². The number of ketones is 2. The second-order valence-corrected chi connectivity index (χ2v) is 7.57. The Kier molecular flexibility index (Phi) is 3.36. The monoisotopic (exact) mass is 374 g/mol. The van der Waals surface area contributed by atoms with E-state index in [1.54, 1.807) is 35.6 Å². The summed E-state index contributed by atoms with van der Waals surface area (Å²) >= 11 is 7.59. The van der Waals surface area contributed by atoms with Gasteiger partial charge >= 0.3 is 0 Å². The second kappa shape index (κ2) is 5.63. The summed E-state index contributed by atoms with van der Waals surface area (Å²) in [6.45, 7) is 0. The predicted molar refractivity (Wildman–Crippen MR) is 106 cm³/mol. The van der Waals surface area contributed by atoms with Gasteiger partial charge in [-0.05, 0) is 35.2 Å². The number of benzene rings is 3. The Morgan fingerprint density at radius 2 is 1.42 bits per heavy atom. The summed E-state index contributed by atoms with van der Waals surface area (Å²) in [6, 6.07) is 18.3. The molecule has 0 fully saturated rings. The molecule has 5 rings (SSSR count).